The smallest absolute Gasteiger partial charge is 0.243 e. The van der Waals surface area contributed by atoms with Crippen molar-refractivity contribution >= 4 is 93.5 Å². The largest absolute Gasteiger partial charge is 0.302 e. The second kappa shape index (κ2) is 12.5. The molecule has 45 heavy (non-hydrogen) atoms. The van der Waals surface area contributed by atoms with Crippen LogP contribution >= 0.6 is 58.6 Å². The Labute approximate surface area is 284 Å². The Morgan fingerprint density at radius 1 is 0.533 bits per heavy atom. The van der Waals surface area contributed by atoms with Gasteiger partial charge in [0.2, 0.25) is 11.8 Å². The van der Waals surface area contributed by atoms with Crippen molar-refractivity contribution < 1.29 is 14.4 Å². The van der Waals surface area contributed by atoms with E-state index in [0.717, 1.165) is 0 Å². The van der Waals surface area contributed by atoms with Gasteiger partial charge in [-0.2, -0.15) is 0 Å². The summed E-state index contributed by atoms with van der Waals surface area (Å²) in [7, 11) is 0. The van der Waals surface area contributed by atoms with Gasteiger partial charge in [0.25, 0.3) is 0 Å². The number of nitrogens with one attached hydrogen (secondary N) is 2. The van der Waals surface area contributed by atoms with Crippen LogP contribution in [0.15, 0.2) is 108 Å². The molecule has 1 heterocycles. The normalized spacial score (nSPS) is 21.2. The highest BCUT2D eigenvalue weighted by Gasteiger charge is 2.66. The van der Waals surface area contributed by atoms with E-state index in [-0.39, 0.29) is 22.0 Å². The highest BCUT2D eigenvalue weighted by molar-refractivity contribution is 7.80. The van der Waals surface area contributed by atoms with Crippen LogP contribution in [0.5, 0.6) is 0 Å². The maximum Gasteiger partial charge on any atom is 0.243 e. The standard InChI is InChI=1S/C35H22Cl4N2O3S/c36-23-9-1-19(2-10-23)17-27-29(21-5-13-25(38)14-6-21)35(32(43)40-34(45)41-33(35)44)30(22-7-15-26(39)16-8-22)28(31(27)42)18-20-3-11-24(37)12-4-20/h1-18,29-30H,(H2,40,41,43,44,45)/b27-17+,28-18+. The molecule has 0 bridgehead atoms. The van der Waals surface area contributed by atoms with Crippen LogP contribution in [0.4, 0.5) is 0 Å². The van der Waals surface area contributed by atoms with E-state index in [1.165, 1.54) is 0 Å². The summed E-state index contributed by atoms with van der Waals surface area (Å²) in [5, 5.41) is 7.22. The molecule has 1 aliphatic carbocycles. The minimum atomic E-state index is -1.92. The Morgan fingerprint density at radius 2 is 0.844 bits per heavy atom. The predicted molar refractivity (Wildman–Crippen MR) is 184 cm³/mol. The Bertz CT molecular complexity index is 1770. The van der Waals surface area contributed by atoms with Crippen molar-refractivity contribution in [3.05, 3.63) is 151 Å². The van der Waals surface area contributed by atoms with Crippen LogP contribution in [-0.2, 0) is 14.4 Å². The minimum Gasteiger partial charge on any atom is -0.302 e. The number of carbonyl (C=O) groups excluding carboxylic acids is 3. The van der Waals surface area contributed by atoms with Gasteiger partial charge in [0, 0.05) is 43.1 Å². The molecule has 0 aromatic heterocycles. The molecule has 6 rings (SSSR count). The first kappa shape index (κ1) is 31.2. The zero-order valence-electron chi connectivity index (χ0n) is 23.2. The van der Waals surface area contributed by atoms with E-state index in [9.17, 15) is 14.4 Å². The Kier molecular flexibility index (Phi) is 8.70. The molecule has 2 fully saturated rings. The lowest BCUT2D eigenvalue weighted by Crippen LogP contribution is -2.68. The zero-order valence-corrected chi connectivity index (χ0v) is 27.0. The molecule has 1 saturated heterocycles. The van der Waals surface area contributed by atoms with Crippen molar-refractivity contribution in [1.82, 2.24) is 10.6 Å². The number of thiocarbonyl (C=S) groups is 1. The van der Waals surface area contributed by atoms with Gasteiger partial charge in [0.1, 0.15) is 0 Å². The Hall–Kier alpha value is -3.78. The average Bonchev–Trinajstić information content (AvgIpc) is 3.01. The minimum absolute atomic E-state index is 0.122. The number of ketones is 1. The fourth-order valence-corrected chi connectivity index (χ4v) is 6.82. The van der Waals surface area contributed by atoms with Gasteiger partial charge in [0.05, 0.1) is 0 Å². The third-order valence-electron chi connectivity index (χ3n) is 8.05. The molecule has 0 radical (unpaired) electrons. The molecular weight excluding hydrogens is 670 g/mol. The molecule has 10 heteroatoms. The van der Waals surface area contributed by atoms with E-state index in [1.54, 1.807) is 109 Å². The number of benzene rings is 4. The van der Waals surface area contributed by atoms with Gasteiger partial charge in [-0.25, -0.2) is 0 Å². The zero-order chi connectivity index (χ0) is 31.9. The summed E-state index contributed by atoms with van der Waals surface area (Å²) in [6.07, 6.45) is 3.39. The van der Waals surface area contributed by atoms with Crippen molar-refractivity contribution in [3.8, 4) is 0 Å². The van der Waals surface area contributed by atoms with Gasteiger partial charge in [-0.05, 0) is 95.2 Å². The van der Waals surface area contributed by atoms with E-state index < -0.39 is 29.1 Å². The molecule has 2 N–H and O–H groups in total. The summed E-state index contributed by atoms with van der Waals surface area (Å²) in [4.78, 5) is 44.1. The summed E-state index contributed by atoms with van der Waals surface area (Å²) >= 11 is 30.1. The molecule has 2 unspecified atom stereocenters. The van der Waals surface area contributed by atoms with Gasteiger partial charge in [-0.3, -0.25) is 14.4 Å². The van der Waals surface area contributed by atoms with Crippen LogP contribution in [0.3, 0.4) is 0 Å². The van der Waals surface area contributed by atoms with E-state index in [1.807, 2.05) is 0 Å². The number of carbonyl (C=O) groups is 3. The van der Waals surface area contributed by atoms with Gasteiger partial charge in [0.15, 0.2) is 16.3 Å². The molecule has 4 aromatic carbocycles. The SMILES string of the molecule is O=C1/C(=C/c2ccc(Cl)cc2)C(c2ccc(Cl)cc2)C2(C(=O)NC(=S)NC2=O)C(c2ccc(Cl)cc2)/C1=C\c1ccc(Cl)cc1. The maximum absolute atomic E-state index is 14.9. The monoisotopic (exact) mass is 690 g/mol. The number of Topliss-reactive ketones (excluding diaryl/α,β-unsaturated/α-hetero) is 1. The Morgan fingerprint density at radius 3 is 1.18 bits per heavy atom. The van der Waals surface area contributed by atoms with Crippen molar-refractivity contribution in [2.45, 2.75) is 11.8 Å². The number of allylic oxidation sites excluding steroid dienone is 2. The van der Waals surface area contributed by atoms with Crippen molar-refractivity contribution in [1.29, 1.82) is 0 Å². The molecule has 2 amide bonds. The average molecular weight is 692 g/mol. The first-order valence-electron chi connectivity index (χ1n) is 13.7. The lowest BCUT2D eigenvalue weighted by Gasteiger charge is -2.50. The number of halogens is 4. The number of hydrogen-bond acceptors (Lipinski definition) is 4. The highest BCUT2D eigenvalue weighted by Crippen LogP contribution is 2.59. The summed E-state index contributed by atoms with van der Waals surface area (Å²) in [5.41, 5.74) is 0.908. The van der Waals surface area contributed by atoms with Crippen LogP contribution in [0.2, 0.25) is 20.1 Å². The van der Waals surface area contributed by atoms with E-state index in [2.05, 4.69) is 10.6 Å². The van der Waals surface area contributed by atoms with Gasteiger partial charge in [-0.1, -0.05) is 94.9 Å². The van der Waals surface area contributed by atoms with Gasteiger partial charge in [-0.15, -0.1) is 0 Å². The molecule has 5 nitrogen and oxygen atoms in total. The van der Waals surface area contributed by atoms with Crippen LogP contribution in [0.25, 0.3) is 12.2 Å². The first-order valence-corrected chi connectivity index (χ1v) is 15.7. The van der Waals surface area contributed by atoms with E-state index in [0.29, 0.717) is 42.3 Å². The van der Waals surface area contributed by atoms with Crippen LogP contribution in [-0.4, -0.2) is 22.7 Å². The van der Waals surface area contributed by atoms with Crippen molar-refractivity contribution in [2.24, 2.45) is 5.41 Å². The molecule has 2 aliphatic rings. The summed E-state index contributed by atoms with van der Waals surface area (Å²) in [5.74, 6) is -3.77. The second-order valence-electron chi connectivity index (χ2n) is 10.7. The summed E-state index contributed by atoms with van der Waals surface area (Å²) < 4.78 is 0. The van der Waals surface area contributed by atoms with Crippen LogP contribution in [0, 0.1) is 5.41 Å². The van der Waals surface area contributed by atoms with Crippen molar-refractivity contribution in [3.63, 3.8) is 0 Å². The third kappa shape index (κ3) is 5.85. The van der Waals surface area contributed by atoms with E-state index >= 15 is 0 Å². The quantitative estimate of drug-likeness (QED) is 0.128. The van der Waals surface area contributed by atoms with E-state index in [4.69, 9.17) is 58.6 Å². The number of rotatable bonds is 4. The number of hydrogen-bond donors (Lipinski definition) is 2. The molecule has 1 aliphatic heterocycles. The van der Waals surface area contributed by atoms with Gasteiger partial charge < -0.3 is 10.6 Å². The molecule has 224 valence electrons. The Balaban J connectivity index is 1.74. The number of amides is 2. The molecular formula is C35H22Cl4N2O3S. The highest BCUT2D eigenvalue weighted by atomic mass is 35.5. The summed E-state index contributed by atoms with van der Waals surface area (Å²) in [6.45, 7) is 0. The fraction of sp³-hybridized carbons (Fsp3) is 0.0857. The lowest BCUT2D eigenvalue weighted by molar-refractivity contribution is -0.147. The van der Waals surface area contributed by atoms with Crippen molar-refractivity contribution in [2.75, 3.05) is 0 Å². The topological polar surface area (TPSA) is 75.3 Å². The molecule has 2 atom stereocenters. The first-order chi connectivity index (χ1) is 21.6. The molecule has 4 aromatic rings. The second-order valence-corrected chi connectivity index (χ2v) is 12.9. The van der Waals surface area contributed by atoms with Crippen LogP contribution in [0.1, 0.15) is 34.1 Å². The molecule has 1 spiro atoms. The predicted octanol–water partition coefficient (Wildman–Crippen LogP) is 8.43. The lowest BCUT2D eigenvalue weighted by atomic mass is 9.51. The van der Waals surface area contributed by atoms with Gasteiger partial charge >= 0.3 is 0 Å². The maximum atomic E-state index is 14.9. The third-order valence-corrected chi connectivity index (χ3v) is 9.27. The van der Waals surface area contributed by atoms with Crippen LogP contribution < -0.4 is 10.6 Å². The molecule has 1 saturated carbocycles. The summed E-state index contributed by atoms with van der Waals surface area (Å²) in [6, 6.07) is 27.4. The fourth-order valence-electron chi connectivity index (χ4n) is 6.13.